The third-order valence-electron chi connectivity index (χ3n) is 2.74. The lowest BCUT2D eigenvalue weighted by Gasteiger charge is -2.27. The molecule has 90 valence electrons. The second kappa shape index (κ2) is 5.43. The highest BCUT2D eigenvalue weighted by Gasteiger charge is 2.25. The van der Waals surface area contributed by atoms with E-state index in [0.717, 1.165) is 15.1 Å². The average Bonchev–Trinajstić information content (AvgIpc) is 2.19. The van der Waals surface area contributed by atoms with Crippen LogP contribution >= 0.6 is 27.7 Å². The molecule has 3 N–H and O–H groups in total. The third-order valence-corrected chi connectivity index (χ3v) is 4.63. The summed E-state index contributed by atoms with van der Waals surface area (Å²) < 4.78 is 1.01. The van der Waals surface area contributed by atoms with Crippen LogP contribution in [-0.2, 0) is 0 Å². The molecule has 0 heterocycles. The summed E-state index contributed by atoms with van der Waals surface area (Å²) in [6.45, 7) is 5.90. The number of nitrogen functional groups attached to an aromatic ring is 1. The number of aliphatic hydroxyl groups is 1. The Morgan fingerprint density at radius 1 is 1.50 bits per heavy atom. The van der Waals surface area contributed by atoms with Crippen molar-refractivity contribution in [3.63, 3.8) is 0 Å². The maximum absolute atomic E-state index is 10.1. The van der Waals surface area contributed by atoms with E-state index < -0.39 is 5.60 Å². The number of benzene rings is 1. The van der Waals surface area contributed by atoms with Crippen molar-refractivity contribution in [3.8, 4) is 0 Å². The first-order valence-corrected chi connectivity index (χ1v) is 7.01. The van der Waals surface area contributed by atoms with Crippen LogP contribution in [0, 0.1) is 5.92 Å². The van der Waals surface area contributed by atoms with E-state index in [9.17, 15) is 5.11 Å². The summed E-state index contributed by atoms with van der Waals surface area (Å²) in [6.07, 6.45) is 0. The van der Waals surface area contributed by atoms with Crippen LogP contribution < -0.4 is 5.73 Å². The summed E-state index contributed by atoms with van der Waals surface area (Å²) in [5.74, 6) is 0.874. The fraction of sp³-hybridized carbons (Fsp3) is 0.500. The van der Waals surface area contributed by atoms with Crippen LogP contribution in [0.5, 0.6) is 0 Å². The number of hydrogen-bond donors (Lipinski definition) is 2. The first kappa shape index (κ1) is 13.9. The maximum atomic E-state index is 10.1. The van der Waals surface area contributed by atoms with Crippen LogP contribution in [0.4, 0.5) is 5.69 Å². The van der Waals surface area contributed by atoms with Crippen molar-refractivity contribution < 1.29 is 5.11 Å². The minimum Gasteiger partial charge on any atom is -0.398 e. The largest absolute Gasteiger partial charge is 0.398 e. The number of thioether (sulfide) groups is 1. The van der Waals surface area contributed by atoms with Crippen molar-refractivity contribution in [2.75, 3.05) is 11.5 Å². The molecular weight excluding hydrogens is 286 g/mol. The van der Waals surface area contributed by atoms with Gasteiger partial charge in [-0.3, -0.25) is 0 Å². The zero-order valence-corrected chi connectivity index (χ0v) is 12.2. The number of halogens is 1. The number of nitrogens with two attached hydrogens (primary N) is 1. The Kier molecular flexibility index (Phi) is 4.71. The molecule has 0 aliphatic heterocycles. The predicted molar refractivity (Wildman–Crippen MR) is 74.7 cm³/mol. The predicted octanol–water partition coefficient (Wildman–Crippen LogP) is 3.53. The second-order valence-corrected chi connectivity index (χ2v) is 6.42. The maximum Gasteiger partial charge on any atom is 0.0736 e. The molecule has 16 heavy (non-hydrogen) atoms. The van der Waals surface area contributed by atoms with Crippen molar-refractivity contribution >= 4 is 33.4 Å². The monoisotopic (exact) mass is 303 g/mol. The first-order chi connectivity index (χ1) is 7.33. The highest BCUT2D eigenvalue weighted by molar-refractivity contribution is 9.10. The Bertz CT molecular complexity index is 366. The van der Waals surface area contributed by atoms with Gasteiger partial charge in [-0.2, -0.15) is 0 Å². The zero-order chi connectivity index (χ0) is 12.3. The van der Waals surface area contributed by atoms with Gasteiger partial charge in [-0.05, 0) is 31.0 Å². The molecular formula is C12H18BrNOS. The minimum atomic E-state index is -0.667. The summed E-state index contributed by atoms with van der Waals surface area (Å²) in [7, 11) is 0. The molecule has 1 aromatic rings. The van der Waals surface area contributed by atoms with Crippen molar-refractivity contribution in [1.82, 2.24) is 0 Å². The van der Waals surface area contributed by atoms with E-state index in [0.29, 0.717) is 5.75 Å². The van der Waals surface area contributed by atoms with Gasteiger partial charge in [0, 0.05) is 20.8 Å². The lowest BCUT2D eigenvalue weighted by Crippen LogP contribution is -2.33. The molecule has 0 aromatic heterocycles. The van der Waals surface area contributed by atoms with E-state index >= 15 is 0 Å². The van der Waals surface area contributed by atoms with E-state index in [-0.39, 0.29) is 5.92 Å². The summed E-state index contributed by atoms with van der Waals surface area (Å²) in [5.41, 5.74) is 5.96. The molecule has 4 heteroatoms. The van der Waals surface area contributed by atoms with Gasteiger partial charge in [0.1, 0.15) is 0 Å². The molecule has 2 nitrogen and oxygen atoms in total. The molecule has 0 amide bonds. The van der Waals surface area contributed by atoms with Crippen LogP contribution in [0.25, 0.3) is 0 Å². The quantitative estimate of drug-likeness (QED) is 0.661. The number of rotatable bonds is 4. The van der Waals surface area contributed by atoms with E-state index in [4.69, 9.17) is 5.73 Å². The smallest absolute Gasteiger partial charge is 0.0736 e. The fourth-order valence-corrected chi connectivity index (χ4v) is 2.76. The molecule has 0 spiro atoms. The van der Waals surface area contributed by atoms with Crippen LogP contribution in [0.15, 0.2) is 27.6 Å². The molecule has 1 aromatic carbocycles. The highest BCUT2D eigenvalue weighted by Crippen LogP contribution is 2.32. The molecule has 1 atom stereocenters. The Labute approximate surface area is 110 Å². The van der Waals surface area contributed by atoms with Crippen molar-refractivity contribution in [2.45, 2.75) is 31.3 Å². The molecule has 0 aliphatic carbocycles. The molecule has 0 fully saturated rings. The van der Waals surface area contributed by atoms with Crippen molar-refractivity contribution in [1.29, 1.82) is 0 Å². The van der Waals surface area contributed by atoms with Crippen molar-refractivity contribution in [2.24, 2.45) is 5.92 Å². The Balaban J connectivity index is 2.71. The van der Waals surface area contributed by atoms with Crippen LogP contribution in [0.2, 0.25) is 0 Å². The molecule has 0 bridgehead atoms. The van der Waals surface area contributed by atoms with E-state index in [2.05, 4.69) is 15.9 Å². The lowest BCUT2D eigenvalue weighted by atomic mass is 9.95. The Morgan fingerprint density at radius 2 is 2.12 bits per heavy atom. The lowest BCUT2D eigenvalue weighted by molar-refractivity contribution is 0.0376. The van der Waals surface area contributed by atoms with Gasteiger partial charge in [0.25, 0.3) is 0 Å². The van der Waals surface area contributed by atoms with Crippen LogP contribution in [0.1, 0.15) is 20.8 Å². The molecule has 0 aliphatic rings. The SMILES string of the molecule is CC(C)C(C)(O)CSc1cc(Br)ccc1N. The summed E-state index contributed by atoms with van der Waals surface area (Å²) in [6, 6.07) is 5.77. The van der Waals surface area contributed by atoms with Gasteiger partial charge in [0.05, 0.1) is 5.60 Å². The average molecular weight is 304 g/mol. The molecule has 1 unspecified atom stereocenters. The molecule has 0 radical (unpaired) electrons. The van der Waals surface area contributed by atoms with Crippen molar-refractivity contribution in [3.05, 3.63) is 22.7 Å². The van der Waals surface area contributed by atoms with Crippen LogP contribution in [-0.4, -0.2) is 16.5 Å². The molecule has 1 rings (SSSR count). The zero-order valence-electron chi connectivity index (χ0n) is 9.83. The Hall–Kier alpha value is -0.190. The van der Waals surface area contributed by atoms with Gasteiger partial charge in [-0.25, -0.2) is 0 Å². The second-order valence-electron chi connectivity index (χ2n) is 4.48. The number of hydrogen-bond acceptors (Lipinski definition) is 3. The summed E-state index contributed by atoms with van der Waals surface area (Å²) >= 11 is 5.01. The third kappa shape index (κ3) is 3.68. The standard InChI is InChI=1S/C12H18BrNOS/c1-8(2)12(3,15)7-16-11-6-9(13)4-5-10(11)14/h4-6,8,15H,7,14H2,1-3H3. The van der Waals surface area contributed by atoms with Gasteiger partial charge < -0.3 is 10.8 Å². The number of anilines is 1. The van der Waals surface area contributed by atoms with Crippen LogP contribution in [0.3, 0.4) is 0 Å². The topological polar surface area (TPSA) is 46.2 Å². The van der Waals surface area contributed by atoms with E-state index in [1.165, 1.54) is 0 Å². The summed E-state index contributed by atoms with van der Waals surface area (Å²) in [4.78, 5) is 1.01. The molecule has 0 saturated carbocycles. The first-order valence-electron chi connectivity index (χ1n) is 5.23. The Morgan fingerprint density at radius 3 is 2.69 bits per heavy atom. The summed E-state index contributed by atoms with van der Waals surface area (Å²) in [5, 5.41) is 10.1. The van der Waals surface area contributed by atoms with Gasteiger partial charge in [-0.1, -0.05) is 29.8 Å². The van der Waals surface area contributed by atoms with Gasteiger partial charge >= 0.3 is 0 Å². The minimum absolute atomic E-state index is 0.230. The highest BCUT2D eigenvalue weighted by atomic mass is 79.9. The van der Waals surface area contributed by atoms with Gasteiger partial charge in [0.2, 0.25) is 0 Å². The molecule has 0 saturated heterocycles. The normalized spacial score (nSPS) is 15.1. The van der Waals surface area contributed by atoms with Gasteiger partial charge in [-0.15, -0.1) is 11.8 Å². The van der Waals surface area contributed by atoms with E-state index in [1.54, 1.807) is 11.8 Å². The van der Waals surface area contributed by atoms with E-state index in [1.807, 2.05) is 39.0 Å². The van der Waals surface area contributed by atoms with Gasteiger partial charge in [0.15, 0.2) is 0 Å². The fourth-order valence-electron chi connectivity index (χ4n) is 1.02.